The van der Waals surface area contributed by atoms with Gasteiger partial charge in [-0.05, 0) is 52.6 Å². The number of benzene rings is 4. The van der Waals surface area contributed by atoms with Crippen LogP contribution < -0.4 is 31.8 Å². The van der Waals surface area contributed by atoms with Gasteiger partial charge in [0.25, 0.3) is 17.4 Å². The van der Waals surface area contributed by atoms with Crippen LogP contribution in [0, 0.1) is 5.92 Å². The van der Waals surface area contributed by atoms with Gasteiger partial charge in [0.2, 0.25) is 0 Å². The molecule has 16 nitrogen and oxygen atoms in total. The fraction of sp³-hybridized carbons (Fsp3) is 0.255. The van der Waals surface area contributed by atoms with E-state index < -0.39 is 74.6 Å². The number of carbonyl (C=O) groups is 2. The van der Waals surface area contributed by atoms with E-state index in [0.29, 0.717) is 66.7 Å². The van der Waals surface area contributed by atoms with Crippen molar-refractivity contribution in [1.29, 1.82) is 0 Å². The zero-order chi connectivity index (χ0) is 48.1. The molecular weight excluding hydrogens is 932 g/mol. The van der Waals surface area contributed by atoms with E-state index in [2.05, 4.69) is 15.4 Å². The number of anilines is 1. The first-order valence-corrected chi connectivity index (χ1v) is 21.8. The van der Waals surface area contributed by atoms with Gasteiger partial charge in [-0.2, -0.15) is 18.2 Å². The molecule has 2 amide bonds. The number of hydrogen-bond acceptors (Lipinski definition) is 11. The summed E-state index contributed by atoms with van der Waals surface area (Å²) >= 11 is 12.7. The second kappa shape index (κ2) is 16.2. The summed E-state index contributed by atoms with van der Waals surface area (Å²) in [6.45, 7) is -0.446. The number of methoxy groups -OCH3 is 2. The molecule has 21 heteroatoms. The van der Waals surface area contributed by atoms with Gasteiger partial charge in [-0.3, -0.25) is 19.8 Å². The van der Waals surface area contributed by atoms with Crippen LogP contribution in [0.25, 0.3) is 21.8 Å². The van der Waals surface area contributed by atoms with Crippen LogP contribution in [-0.2, 0) is 47.7 Å². The number of carbonyl (C=O) groups excluding carboxylic acids is 2. The highest BCUT2D eigenvalue weighted by molar-refractivity contribution is 6.33. The number of aromatic hydroxyl groups is 1. The van der Waals surface area contributed by atoms with Crippen molar-refractivity contribution in [3.05, 3.63) is 160 Å². The van der Waals surface area contributed by atoms with Crippen molar-refractivity contribution in [3.8, 4) is 17.2 Å². The molecule has 68 heavy (non-hydrogen) atoms. The number of aryl methyl sites for hydroxylation is 2. The number of ether oxygens (including phenoxy) is 2. The van der Waals surface area contributed by atoms with Crippen LogP contribution in [0.3, 0.4) is 0 Å². The molecule has 4 unspecified atom stereocenters. The third-order valence-corrected chi connectivity index (χ3v) is 13.9. The molecule has 1 saturated heterocycles. The van der Waals surface area contributed by atoms with E-state index in [1.165, 1.54) is 34.2 Å². The molecule has 3 aliphatic rings. The number of nitrogens with one attached hydrogen (secondary N) is 1. The van der Waals surface area contributed by atoms with Gasteiger partial charge < -0.3 is 19.1 Å². The van der Waals surface area contributed by atoms with Gasteiger partial charge in [0.05, 0.1) is 59.8 Å². The Hall–Kier alpha value is -7.38. The number of aromatic nitrogens is 6. The van der Waals surface area contributed by atoms with E-state index in [0.717, 1.165) is 4.57 Å². The Morgan fingerprint density at radius 3 is 2.35 bits per heavy atom. The van der Waals surface area contributed by atoms with Crippen LogP contribution in [0.5, 0.6) is 17.2 Å². The Balaban J connectivity index is 1.13. The Morgan fingerprint density at radius 1 is 0.926 bits per heavy atom. The third-order valence-electron chi connectivity index (χ3n) is 13.4. The highest BCUT2D eigenvalue weighted by Crippen LogP contribution is 2.63. The second-order valence-electron chi connectivity index (χ2n) is 16.7. The van der Waals surface area contributed by atoms with Crippen molar-refractivity contribution in [2.75, 3.05) is 19.6 Å². The standard InChI is InChI=1S/C47H37Cl2F3N8O8/c1-56-34-21-37(68-3)36(67-2)20-32(34)54-31(42(56)63)15-16-57-44(65)58-17-14-28-33(60(58)45(57)66)19-29-41(62)59(55-40-30(49)18-25(22-53-40)47(50,51)52)43(64)46(29,24-9-11-26(48)12-10-24)39(28)38-27-7-5-4-6-23(27)8-13-35(38)61/h4-14,18,20-22,29,33,39,61H,15-17,19H2,1-3H3,(H,53,55). The zero-order valence-electron chi connectivity index (χ0n) is 36.0. The van der Waals surface area contributed by atoms with Gasteiger partial charge in [0.15, 0.2) is 17.3 Å². The number of amides is 2. The molecule has 2 aliphatic heterocycles. The first kappa shape index (κ1) is 44.5. The number of rotatable bonds is 9. The molecule has 0 radical (unpaired) electrons. The lowest BCUT2D eigenvalue weighted by molar-refractivity contribution is -0.139. The Kier molecular flexibility index (Phi) is 10.6. The molecule has 4 aromatic carbocycles. The second-order valence-corrected chi connectivity index (χ2v) is 17.5. The Labute approximate surface area is 391 Å². The largest absolute Gasteiger partial charge is 0.508 e. The molecule has 0 bridgehead atoms. The Bertz CT molecular complexity index is 3510. The van der Waals surface area contributed by atoms with Crippen LogP contribution in [0.1, 0.15) is 40.8 Å². The maximum atomic E-state index is 15.7. The molecule has 0 spiro atoms. The Morgan fingerprint density at radius 2 is 1.65 bits per heavy atom. The summed E-state index contributed by atoms with van der Waals surface area (Å²) in [5, 5.41) is 13.6. The molecule has 1 aliphatic carbocycles. The van der Waals surface area contributed by atoms with Crippen LogP contribution in [0.2, 0.25) is 10.0 Å². The minimum Gasteiger partial charge on any atom is -0.508 e. The summed E-state index contributed by atoms with van der Waals surface area (Å²) in [7, 11) is 4.48. The van der Waals surface area contributed by atoms with Crippen LogP contribution in [0.4, 0.5) is 19.0 Å². The van der Waals surface area contributed by atoms with E-state index in [9.17, 15) is 32.7 Å². The van der Waals surface area contributed by atoms with E-state index in [1.54, 1.807) is 79.9 Å². The van der Waals surface area contributed by atoms with E-state index in [1.807, 2.05) is 0 Å². The normalized spacial score (nSPS) is 20.0. The highest BCUT2D eigenvalue weighted by Gasteiger charge is 2.69. The maximum absolute atomic E-state index is 15.7. The zero-order valence-corrected chi connectivity index (χ0v) is 37.6. The van der Waals surface area contributed by atoms with Gasteiger partial charge >= 0.3 is 17.6 Å². The number of halogens is 5. The molecule has 348 valence electrons. The van der Waals surface area contributed by atoms with Crippen molar-refractivity contribution in [2.24, 2.45) is 13.0 Å². The molecule has 2 N–H and O–H groups in total. The third kappa shape index (κ3) is 6.61. The first-order chi connectivity index (χ1) is 32.5. The van der Waals surface area contributed by atoms with Crippen molar-refractivity contribution in [3.63, 3.8) is 0 Å². The molecule has 4 atom stereocenters. The first-order valence-electron chi connectivity index (χ1n) is 21.1. The van der Waals surface area contributed by atoms with Crippen molar-refractivity contribution < 1.29 is 37.3 Å². The monoisotopic (exact) mass is 968 g/mol. The number of allylic oxidation sites excluding steroid dienone is 2. The number of nitrogens with zero attached hydrogens (tertiary/aromatic N) is 7. The number of hydrogen-bond donors (Lipinski definition) is 2. The topological polar surface area (TPSA) is 185 Å². The minimum atomic E-state index is -4.80. The summed E-state index contributed by atoms with van der Waals surface area (Å²) in [4.78, 5) is 82.0. The van der Waals surface area contributed by atoms with Gasteiger partial charge in [0.1, 0.15) is 11.4 Å². The summed E-state index contributed by atoms with van der Waals surface area (Å²) in [5.41, 5.74) is -0.570. The number of phenolic OH excluding ortho intramolecular Hbond substituents is 1. The predicted molar refractivity (Wildman–Crippen MR) is 243 cm³/mol. The van der Waals surface area contributed by atoms with E-state index >= 15 is 9.59 Å². The molecule has 2 fully saturated rings. The quantitative estimate of drug-likeness (QED) is 0.119. The molecule has 3 aromatic heterocycles. The van der Waals surface area contributed by atoms with E-state index in [-0.39, 0.29) is 42.9 Å². The van der Waals surface area contributed by atoms with Crippen LogP contribution in [0.15, 0.2) is 111 Å². The summed E-state index contributed by atoms with van der Waals surface area (Å²) in [6, 6.07) is 19.3. The number of phenols is 1. The van der Waals surface area contributed by atoms with Gasteiger partial charge in [0, 0.05) is 54.8 Å². The fourth-order valence-corrected chi connectivity index (χ4v) is 10.6. The number of fused-ring (bicyclic) bond motifs is 6. The fourth-order valence-electron chi connectivity index (χ4n) is 10.3. The summed E-state index contributed by atoms with van der Waals surface area (Å²) < 4.78 is 56.6. The number of hydrazine groups is 1. The molecule has 1 saturated carbocycles. The van der Waals surface area contributed by atoms with Crippen LogP contribution >= 0.6 is 23.2 Å². The highest BCUT2D eigenvalue weighted by atomic mass is 35.5. The number of imide groups is 1. The predicted octanol–water partition coefficient (Wildman–Crippen LogP) is 6.52. The van der Waals surface area contributed by atoms with Crippen molar-refractivity contribution in [2.45, 2.75) is 49.5 Å². The minimum absolute atomic E-state index is 0.0636. The van der Waals surface area contributed by atoms with Gasteiger partial charge in [-0.15, -0.1) is 0 Å². The smallest absolute Gasteiger partial charge is 0.417 e. The SMILES string of the molecule is COc1cc2nc(CCn3c(=O)n4n(c3=O)C3CC5C(=O)N(Nc6ncc(C(F)(F)F)cc6Cl)C(=O)C5(c5ccc(Cl)cc5)C(c5c(O)ccc6ccccc56)C3=CC4)c(=O)n(C)c2cc1OC. The average molecular weight is 970 g/mol. The number of pyridine rings is 1. The summed E-state index contributed by atoms with van der Waals surface area (Å²) in [5.74, 6) is -4.24. The average Bonchev–Trinajstić information content (AvgIpc) is 3.69. The van der Waals surface area contributed by atoms with Crippen molar-refractivity contribution in [1.82, 2.24) is 33.5 Å². The van der Waals surface area contributed by atoms with E-state index in [4.69, 9.17) is 32.7 Å². The van der Waals surface area contributed by atoms with Crippen LogP contribution in [-0.4, -0.2) is 64.6 Å². The molecular formula is C47H37Cl2F3N8O8. The lowest BCUT2D eigenvalue weighted by atomic mass is 9.52. The lowest BCUT2D eigenvalue weighted by Gasteiger charge is -2.49. The maximum Gasteiger partial charge on any atom is 0.417 e. The molecule has 5 heterocycles. The molecule has 10 rings (SSSR count). The lowest BCUT2D eigenvalue weighted by Crippen LogP contribution is -2.53. The summed E-state index contributed by atoms with van der Waals surface area (Å²) in [6.07, 6.45) is -2.97. The number of alkyl halides is 3. The van der Waals surface area contributed by atoms with Gasteiger partial charge in [-0.1, -0.05) is 71.7 Å². The van der Waals surface area contributed by atoms with Gasteiger partial charge in [-0.25, -0.2) is 33.5 Å². The van der Waals surface area contributed by atoms with Crippen molar-refractivity contribution >= 4 is 62.6 Å². The molecule has 7 aromatic rings.